The first kappa shape index (κ1) is 23.8. The number of methoxy groups -OCH3 is 1. The number of esters is 1. The minimum absolute atomic E-state index is 0.0574. The molecule has 1 aliphatic heterocycles. The lowest BCUT2D eigenvalue weighted by molar-refractivity contribution is -0.132. The van der Waals surface area contributed by atoms with E-state index in [1.54, 1.807) is 54.6 Å². The van der Waals surface area contributed by atoms with Gasteiger partial charge < -0.3 is 14.6 Å². The van der Waals surface area contributed by atoms with Crippen LogP contribution in [0, 0.1) is 13.8 Å². The number of carbonyl (C=O) groups excluding carboxylic acids is 3. The molecule has 7 heteroatoms. The molecule has 0 bridgehead atoms. The first-order chi connectivity index (χ1) is 16.7. The molecule has 1 atom stereocenters. The summed E-state index contributed by atoms with van der Waals surface area (Å²) in [7, 11) is 1.46. The topological polar surface area (TPSA) is 93.1 Å². The molecule has 0 aromatic heterocycles. The molecule has 0 radical (unpaired) electrons. The molecular formula is C28H25NO6. The van der Waals surface area contributed by atoms with E-state index in [-0.39, 0.29) is 11.3 Å². The number of ether oxygens (including phenoxy) is 2. The summed E-state index contributed by atoms with van der Waals surface area (Å²) >= 11 is 0. The van der Waals surface area contributed by atoms with Crippen molar-refractivity contribution in [3.05, 3.63) is 94.6 Å². The van der Waals surface area contributed by atoms with E-state index >= 15 is 0 Å². The van der Waals surface area contributed by atoms with Crippen LogP contribution >= 0.6 is 0 Å². The van der Waals surface area contributed by atoms with Gasteiger partial charge in [-0.05, 0) is 66.9 Å². The second-order valence-electron chi connectivity index (χ2n) is 8.30. The number of para-hydroxylation sites is 1. The summed E-state index contributed by atoms with van der Waals surface area (Å²) in [5.74, 6) is -1.66. The van der Waals surface area contributed by atoms with Crippen LogP contribution < -0.4 is 14.4 Å². The van der Waals surface area contributed by atoms with Crippen LogP contribution in [0.4, 0.5) is 5.69 Å². The van der Waals surface area contributed by atoms with Crippen LogP contribution in [0.2, 0.25) is 0 Å². The number of Topliss-reactive ketones (excluding diaryl/α,β-unsaturated/α-hetero) is 1. The van der Waals surface area contributed by atoms with E-state index in [1.807, 2.05) is 26.0 Å². The van der Waals surface area contributed by atoms with Gasteiger partial charge in [-0.2, -0.15) is 0 Å². The fraction of sp³-hybridized carbons (Fsp3) is 0.179. The zero-order valence-electron chi connectivity index (χ0n) is 19.9. The Morgan fingerprint density at radius 1 is 0.943 bits per heavy atom. The highest BCUT2D eigenvalue weighted by molar-refractivity contribution is 6.51. The summed E-state index contributed by atoms with van der Waals surface area (Å²) in [5, 5.41) is 11.3. The van der Waals surface area contributed by atoms with Gasteiger partial charge in [-0.3, -0.25) is 19.3 Å². The molecule has 1 fully saturated rings. The van der Waals surface area contributed by atoms with Gasteiger partial charge in [0, 0.05) is 12.6 Å². The molecule has 0 aliphatic carbocycles. The predicted molar refractivity (Wildman–Crippen MR) is 131 cm³/mol. The van der Waals surface area contributed by atoms with Gasteiger partial charge in [0.15, 0.2) is 0 Å². The summed E-state index contributed by atoms with van der Waals surface area (Å²) < 4.78 is 10.5. The minimum Gasteiger partial charge on any atom is -0.507 e. The summed E-state index contributed by atoms with van der Waals surface area (Å²) in [6.07, 6.45) is 0. The Morgan fingerprint density at radius 2 is 1.63 bits per heavy atom. The standard InChI is InChI=1S/C28H25NO6/c1-16-9-12-20(15-17(16)2)29-25(19-10-13-21(14-11-19)35-18(3)30)24(27(32)28(29)33)26(31)22-7-5-6-8-23(22)34-4/h5-15,25,31H,1-4H3/b26-24+. The van der Waals surface area contributed by atoms with E-state index < -0.39 is 23.7 Å². The van der Waals surface area contributed by atoms with E-state index in [2.05, 4.69) is 0 Å². The average Bonchev–Trinajstić information content (AvgIpc) is 3.11. The van der Waals surface area contributed by atoms with Crippen molar-refractivity contribution in [2.45, 2.75) is 26.8 Å². The van der Waals surface area contributed by atoms with Gasteiger partial charge in [-0.1, -0.05) is 30.3 Å². The van der Waals surface area contributed by atoms with Gasteiger partial charge in [0.25, 0.3) is 11.7 Å². The third-order valence-corrected chi connectivity index (χ3v) is 6.03. The number of ketones is 1. The number of carbonyl (C=O) groups is 3. The molecule has 3 aromatic rings. The predicted octanol–water partition coefficient (Wildman–Crippen LogP) is 4.86. The Morgan fingerprint density at radius 3 is 2.26 bits per heavy atom. The number of anilines is 1. The summed E-state index contributed by atoms with van der Waals surface area (Å²) in [5.41, 5.74) is 3.34. The lowest BCUT2D eigenvalue weighted by Crippen LogP contribution is -2.29. The van der Waals surface area contributed by atoms with Crippen molar-refractivity contribution in [1.29, 1.82) is 0 Å². The molecule has 3 aromatic carbocycles. The summed E-state index contributed by atoms with van der Waals surface area (Å²) in [4.78, 5) is 39.4. The molecule has 4 rings (SSSR count). The molecule has 1 unspecified atom stereocenters. The number of amides is 1. The highest BCUT2D eigenvalue weighted by Crippen LogP contribution is 2.43. The first-order valence-electron chi connectivity index (χ1n) is 11.0. The largest absolute Gasteiger partial charge is 0.507 e. The number of hydrogen-bond donors (Lipinski definition) is 1. The molecule has 1 saturated heterocycles. The average molecular weight is 472 g/mol. The fourth-order valence-corrected chi connectivity index (χ4v) is 4.16. The number of nitrogens with zero attached hydrogens (tertiary/aromatic N) is 1. The third kappa shape index (κ3) is 4.40. The van der Waals surface area contributed by atoms with Gasteiger partial charge in [0.05, 0.1) is 24.3 Å². The molecule has 1 amide bonds. The van der Waals surface area contributed by atoms with Crippen LogP contribution in [0.3, 0.4) is 0 Å². The highest BCUT2D eigenvalue weighted by atomic mass is 16.5. The molecule has 0 saturated carbocycles. The van der Waals surface area contributed by atoms with Crippen LogP contribution in [-0.2, 0) is 14.4 Å². The van der Waals surface area contributed by atoms with Gasteiger partial charge in [0.2, 0.25) is 0 Å². The van der Waals surface area contributed by atoms with Crippen molar-refractivity contribution in [2.24, 2.45) is 0 Å². The number of hydrogen-bond acceptors (Lipinski definition) is 6. The monoisotopic (exact) mass is 471 g/mol. The van der Waals surface area contributed by atoms with E-state index in [9.17, 15) is 19.5 Å². The molecule has 1 aliphatic rings. The molecule has 1 heterocycles. The van der Waals surface area contributed by atoms with Gasteiger partial charge >= 0.3 is 5.97 Å². The normalized spacial score (nSPS) is 16.9. The van der Waals surface area contributed by atoms with Crippen molar-refractivity contribution < 1.29 is 29.0 Å². The van der Waals surface area contributed by atoms with Crippen molar-refractivity contribution in [3.63, 3.8) is 0 Å². The highest BCUT2D eigenvalue weighted by Gasteiger charge is 2.47. The summed E-state index contributed by atoms with van der Waals surface area (Å²) in [6, 6.07) is 17.8. The maximum Gasteiger partial charge on any atom is 0.308 e. The van der Waals surface area contributed by atoms with Crippen LogP contribution in [0.25, 0.3) is 5.76 Å². The van der Waals surface area contributed by atoms with Gasteiger partial charge in [-0.15, -0.1) is 0 Å². The summed E-state index contributed by atoms with van der Waals surface area (Å²) in [6.45, 7) is 5.18. The zero-order valence-corrected chi connectivity index (χ0v) is 19.9. The van der Waals surface area contributed by atoms with Crippen LogP contribution in [0.5, 0.6) is 11.5 Å². The van der Waals surface area contributed by atoms with Crippen LogP contribution in [0.1, 0.15) is 35.2 Å². The number of aryl methyl sites for hydroxylation is 2. The van der Waals surface area contributed by atoms with E-state index in [4.69, 9.17) is 9.47 Å². The Hall–Kier alpha value is -4.39. The maximum absolute atomic E-state index is 13.3. The first-order valence-corrected chi connectivity index (χ1v) is 11.0. The van der Waals surface area contributed by atoms with E-state index in [1.165, 1.54) is 18.9 Å². The lowest BCUT2D eigenvalue weighted by Gasteiger charge is -2.26. The van der Waals surface area contributed by atoms with Crippen molar-refractivity contribution >= 4 is 29.1 Å². The van der Waals surface area contributed by atoms with Crippen molar-refractivity contribution in [3.8, 4) is 11.5 Å². The Kier molecular flexibility index (Phi) is 6.42. The number of benzene rings is 3. The Labute approximate surface area is 203 Å². The number of rotatable bonds is 5. The van der Waals surface area contributed by atoms with Gasteiger partial charge in [-0.25, -0.2) is 0 Å². The van der Waals surface area contributed by atoms with Crippen molar-refractivity contribution in [2.75, 3.05) is 12.0 Å². The maximum atomic E-state index is 13.3. The van der Waals surface area contributed by atoms with Crippen molar-refractivity contribution in [1.82, 2.24) is 0 Å². The zero-order chi connectivity index (χ0) is 25.3. The van der Waals surface area contributed by atoms with Gasteiger partial charge in [0.1, 0.15) is 17.3 Å². The Balaban J connectivity index is 1.94. The van der Waals surface area contributed by atoms with E-state index in [0.717, 1.165) is 11.1 Å². The quantitative estimate of drug-likeness (QED) is 0.188. The molecule has 7 nitrogen and oxygen atoms in total. The lowest BCUT2D eigenvalue weighted by atomic mass is 9.94. The van der Waals surface area contributed by atoms with Crippen LogP contribution in [-0.4, -0.2) is 29.9 Å². The Bertz CT molecular complexity index is 1360. The van der Waals surface area contributed by atoms with Crippen LogP contribution in [0.15, 0.2) is 72.3 Å². The second-order valence-corrected chi connectivity index (χ2v) is 8.30. The third-order valence-electron chi connectivity index (χ3n) is 6.03. The molecule has 1 N–H and O–H groups in total. The molecular weight excluding hydrogens is 446 g/mol. The fourth-order valence-electron chi connectivity index (χ4n) is 4.16. The second kappa shape index (κ2) is 9.46. The molecule has 35 heavy (non-hydrogen) atoms. The smallest absolute Gasteiger partial charge is 0.308 e. The number of aliphatic hydroxyl groups is 1. The SMILES string of the molecule is COc1ccccc1/C(O)=C1\C(=O)C(=O)N(c2ccc(C)c(C)c2)C1c1ccc(OC(C)=O)cc1. The molecule has 0 spiro atoms. The number of aliphatic hydroxyl groups excluding tert-OH is 1. The minimum atomic E-state index is -0.909. The van der Waals surface area contributed by atoms with E-state index in [0.29, 0.717) is 28.3 Å². The molecule has 178 valence electrons.